The molecule has 0 radical (unpaired) electrons. The van der Waals surface area contributed by atoms with Gasteiger partial charge in [0.1, 0.15) is 0 Å². The van der Waals surface area contributed by atoms with Crippen LogP contribution in [0, 0.1) is 17.8 Å². The number of nitrogens with two attached hydrogens (primary N) is 1. The number of likely N-dealkylation sites (tertiary alicyclic amines) is 1. The lowest BCUT2D eigenvalue weighted by Crippen LogP contribution is -2.47. The van der Waals surface area contributed by atoms with Crippen molar-refractivity contribution < 1.29 is 9.53 Å². The van der Waals surface area contributed by atoms with E-state index in [1.54, 1.807) is 0 Å². The van der Waals surface area contributed by atoms with Gasteiger partial charge in [-0.2, -0.15) is 0 Å². The molecule has 0 bridgehead atoms. The molecule has 3 N–H and O–H groups in total. The summed E-state index contributed by atoms with van der Waals surface area (Å²) in [5, 5.41) is 3.07. The van der Waals surface area contributed by atoms with Gasteiger partial charge >= 0.3 is 0 Å². The van der Waals surface area contributed by atoms with E-state index < -0.39 is 6.04 Å². The Kier molecular flexibility index (Phi) is 11.5. The van der Waals surface area contributed by atoms with E-state index in [1.165, 1.54) is 17.5 Å². The van der Waals surface area contributed by atoms with Gasteiger partial charge in [0.2, 0.25) is 5.91 Å². The largest absolute Gasteiger partial charge is 0.381 e. The lowest BCUT2D eigenvalue weighted by Gasteiger charge is -2.35. The van der Waals surface area contributed by atoms with Crippen molar-refractivity contribution in [3.8, 4) is 0 Å². The summed E-state index contributed by atoms with van der Waals surface area (Å²) in [5.74, 6) is 1.68. The fourth-order valence-electron chi connectivity index (χ4n) is 4.64. The van der Waals surface area contributed by atoms with Crippen molar-refractivity contribution in [3.05, 3.63) is 35.4 Å². The molecule has 3 rings (SSSR count). The first kappa shape index (κ1) is 26.2. The highest BCUT2D eigenvalue weighted by atomic mass is 35.5. The molecule has 0 saturated carbocycles. The van der Waals surface area contributed by atoms with Crippen LogP contribution in [0.25, 0.3) is 0 Å². The van der Waals surface area contributed by atoms with Crippen molar-refractivity contribution in [2.45, 2.75) is 52.2 Å². The predicted octanol–water partition coefficient (Wildman–Crippen LogP) is 3.38. The van der Waals surface area contributed by atoms with Gasteiger partial charge in [-0.1, -0.05) is 38.1 Å². The van der Waals surface area contributed by atoms with Gasteiger partial charge in [-0.25, -0.2) is 0 Å². The monoisotopic (exact) mass is 445 g/mol. The number of amides is 1. The topological polar surface area (TPSA) is 67.6 Å². The van der Waals surface area contributed by atoms with Crippen molar-refractivity contribution in [1.29, 1.82) is 0 Å². The van der Waals surface area contributed by atoms with E-state index in [4.69, 9.17) is 10.5 Å². The van der Waals surface area contributed by atoms with Gasteiger partial charge in [0.15, 0.2) is 0 Å². The van der Waals surface area contributed by atoms with Crippen LogP contribution in [-0.2, 0) is 22.6 Å². The second-order valence-electron chi connectivity index (χ2n) is 8.60. The Bertz CT molecular complexity index is 616. The highest BCUT2D eigenvalue weighted by Gasteiger charge is 2.26. The third kappa shape index (κ3) is 7.72. The zero-order valence-electron chi connectivity index (χ0n) is 17.6. The number of rotatable bonds is 6. The molecule has 0 aromatic heterocycles. The Morgan fingerprint density at radius 2 is 1.72 bits per heavy atom. The second kappa shape index (κ2) is 12.8. The van der Waals surface area contributed by atoms with Gasteiger partial charge in [-0.3, -0.25) is 9.69 Å². The van der Waals surface area contributed by atoms with E-state index in [0.29, 0.717) is 19.8 Å². The summed E-state index contributed by atoms with van der Waals surface area (Å²) >= 11 is 0. The average molecular weight is 446 g/mol. The lowest BCUT2D eigenvalue weighted by atomic mass is 9.91. The molecule has 2 aliphatic heterocycles. The number of benzene rings is 1. The van der Waals surface area contributed by atoms with Crippen LogP contribution in [-0.4, -0.2) is 43.2 Å². The van der Waals surface area contributed by atoms with Crippen LogP contribution in [0.2, 0.25) is 0 Å². The molecule has 0 spiro atoms. The Hall–Kier alpha value is -0.850. The summed E-state index contributed by atoms with van der Waals surface area (Å²) < 4.78 is 5.37. The molecule has 3 unspecified atom stereocenters. The molecule has 5 nitrogen and oxygen atoms in total. The van der Waals surface area contributed by atoms with E-state index in [-0.39, 0.29) is 36.6 Å². The molecule has 1 aromatic carbocycles. The summed E-state index contributed by atoms with van der Waals surface area (Å²) in [7, 11) is 0. The number of nitrogens with one attached hydrogen (secondary N) is 1. The molecule has 0 aliphatic carbocycles. The summed E-state index contributed by atoms with van der Waals surface area (Å²) in [4.78, 5) is 15.1. The Morgan fingerprint density at radius 3 is 2.34 bits per heavy atom. The standard InChI is InChI=1S/C22H35N3O2.2ClH/c1-16-11-17(2)14-25(13-16)15-20-6-4-3-5-19(20)12-24-22(26)21(23)18-7-9-27-10-8-18;;/h3-6,16-18,21H,7-15,23H2,1-2H3,(H,24,26);2*1H. The Labute approximate surface area is 187 Å². The van der Waals surface area contributed by atoms with Crippen LogP contribution in [0.15, 0.2) is 24.3 Å². The summed E-state index contributed by atoms with van der Waals surface area (Å²) in [6, 6.07) is 8.00. The van der Waals surface area contributed by atoms with Crippen LogP contribution in [0.4, 0.5) is 0 Å². The molecule has 3 atom stereocenters. The van der Waals surface area contributed by atoms with Crippen LogP contribution >= 0.6 is 24.8 Å². The van der Waals surface area contributed by atoms with Crippen LogP contribution in [0.1, 0.15) is 44.2 Å². The molecule has 29 heavy (non-hydrogen) atoms. The first-order valence-corrected chi connectivity index (χ1v) is 10.4. The van der Waals surface area contributed by atoms with Crippen LogP contribution in [0.5, 0.6) is 0 Å². The third-order valence-corrected chi connectivity index (χ3v) is 5.99. The molecule has 2 heterocycles. The highest BCUT2D eigenvalue weighted by molar-refractivity contribution is 5.85. The number of hydrogen-bond donors (Lipinski definition) is 2. The minimum atomic E-state index is -0.440. The number of hydrogen-bond acceptors (Lipinski definition) is 4. The summed E-state index contributed by atoms with van der Waals surface area (Å²) in [6.45, 7) is 9.90. The van der Waals surface area contributed by atoms with Crippen molar-refractivity contribution in [2.75, 3.05) is 26.3 Å². The van der Waals surface area contributed by atoms with Crippen molar-refractivity contribution in [1.82, 2.24) is 10.2 Å². The molecule has 7 heteroatoms. The van der Waals surface area contributed by atoms with Gasteiger partial charge in [-0.15, -0.1) is 24.8 Å². The Morgan fingerprint density at radius 1 is 1.14 bits per heavy atom. The van der Waals surface area contributed by atoms with Crippen molar-refractivity contribution in [3.63, 3.8) is 0 Å². The molecule has 1 aromatic rings. The molecule has 2 fully saturated rings. The lowest BCUT2D eigenvalue weighted by molar-refractivity contribution is -0.124. The smallest absolute Gasteiger partial charge is 0.237 e. The number of piperidine rings is 1. The number of carbonyl (C=O) groups is 1. The first-order valence-electron chi connectivity index (χ1n) is 10.4. The third-order valence-electron chi connectivity index (χ3n) is 5.99. The molecular formula is C22H37Cl2N3O2. The quantitative estimate of drug-likeness (QED) is 0.703. The van der Waals surface area contributed by atoms with Gasteiger partial charge in [-0.05, 0) is 48.1 Å². The minimum absolute atomic E-state index is 0. The number of halogens is 2. The zero-order chi connectivity index (χ0) is 19.2. The van der Waals surface area contributed by atoms with E-state index in [2.05, 4.69) is 42.3 Å². The van der Waals surface area contributed by atoms with Crippen LogP contribution in [0.3, 0.4) is 0 Å². The van der Waals surface area contributed by atoms with Gasteiger partial charge in [0, 0.05) is 39.4 Å². The molecule has 2 aliphatic rings. The molecule has 1 amide bonds. The maximum absolute atomic E-state index is 12.5. The van der Waals surface area contributed by atoms with Gasteiger partial charge in [0.05, 0.1) is 6.04 Å². The van der Waals surface area contributed by atoms with E-state index in [0.717, 1.165) is 44.3 Å². The molecule has 2 saturated heterocycles. The number of nitrogens with zero attached hydrogens (tertiary/aromatic N) is 1. The number of ether oxygens (including phenoxy) is 1. The predicted molar refractivity (Wildman–Crippen MR) is 123 cm³/mol. The van der Waals surface area contributed by atoms with Gasteiger partial charge < -0.3 is 15.8 Å². The highest BCUT2D eigenvalue weighted by Crippen LogP contribution is 2.23. The summed E-state index contributed by atoms with van der Waals surface area (Å²) in [6.07, 6.45) is 3.06. The maximum atomic E-state index is 12.5. The van der Waals surface area contributed by atoms with Gasteiger partial charge in [0.25, 0.3) is 0 Å². The normalized spacial score (nSPS) is 24.1. The van der Waals surface area contributed by atoms with Crippen molar-refractivity contribution >= 4 is 30.7 Å². The maximum Gasteiger partial charge on any atom is 0.237 e. The molecule has 166 valence electrons. The van der Waals surface area contributed by atoms with E-state index in [9.17, 15) is 4.79 Å². The fraction of sp³-hybridized carbons (Fsp3) is 0.682. The first-order chi connectivity index (χ1) is 13.0. The second-order valence-corrected chi connectivity index (χ2v) is 8.60. The van der Waals surface area contributed by atoms with Crippen molar-refractivity contribution in [2.24, 2.45) is 23.5 Å². The zero-order valence-corrected chi connectivity index (χ0v) is 19.3. The minimum Gasteiger partial charge on any atom is -0.381 e. The Balaban J connectivity index is 0.00000210. The van der Waals surface area contributed by atoms with E-state index in [1.807, 2.05) is 6.07 Å². The molecular weight excluding hydrogens is 409 g/mol. The van der Waals surface area contributed by atoms with E-state index >= 15 is 0 Å². The summed E-state index contributed by atoms with van der Waals surface area (Å²) in [5.41, 5.74) is 8.69. The number of carbonyl (C=O) groups excluding carboxylic acids is 1. The SMILES string of the molecule is CC1CC(C)CN(Cc2ccccc2CNC(=O)C(N)C2CCOCC2)C1.Cl.Cl. The van der Waals surface area contributed by atoms with Crippen LogP contribution < -0.4 is 11.1 Å². The average Bonchev–Trinajstić information content (AvgIpc) is 2.66. The fourth-order valence-corrected chi connectivity index (χ4v) is 4.64.